The summed E-state index contributed by atoms with van der Waals surface area (Å²) in [5, 5.41) is 13.1. The molecule has 0 saturated heterocycles. The number of halogens is 4. The molecule has 2 aromatic carbocycles. The number of nitrogens with zero attached hydrogens (tertiary/aromatic N) is 6. The molecule has 0 amide bonds. The topological polar surface area (TPSA) is 60.9 Å². The van der Waals surface area contributed by atoms with Gasteiger partial charge in [-0.1, -0.05) is 29.3 Å². The van der Waals surface area contributed by atoms with E-state index in [2.05, 4.69) is 20.3 Å². The van der Waals surface area contributed by atoms with Gasteiger partial charge in [0.15, 0.2) is 11.6 Å². The van der Waals surface area contributed by atoms with Crippen LogP contribution in [0.4, 0.5) is 8.78 Å². The lowest BCUT2D eigenvalue weighted by Gasteiger charge is -2.16. The van der Waals surface area contributed by atoms with E-state index in [-0.39, 0.29) is 27.9 Å². The number of hydrogen-bond donors (Lipinski definition) is 0. The average molecular weight is 445 g/mol. The molecule has 4 aromatic rings. The smallest absolute Gasteiger partial charge is 0.171 e. The van der Waals surface area contributed by atoms with Crippen molar-refractivity contribution < 1.29 is 8.78 Å². The van der Waals surface area contributed by atoms with Crippen molar-refractivity contribution in [1.29, 1.82) is 0 Å². The third-order valence-corrected chi connectivity index (χ3v) is 5.63. The van der Waals surface area contributed by atoms with Gasteiger partial charge in [0.2, 0.25) is 0 Å². The van der Waals surface area contributed by atoms with E-state index in [1.165, 1.54) is 18.2 Å². The van der Waals surface area contributed by atoms with Crippen LogP contribution in [0.25, 0.3) is 17.1 Å². The number of aliphatic imine (C=N–C) groups is 1. The van der Waals surface area contributed by atoms with Gasteiger partial charge in [-0.15, -0.1) is 10.2 Å². The first-order valence-corrected chi connectivity index (χ1v) is 9.62. The molecule has 30 heavy (non-hydrogen) atoms. The standard InChI is InChI=1S/C20H12Cl2F2N6/c1-29-9-10(7-26-29)20-28-27-15-8-25-19(16-12(23)3-2-4-13(16)24)17-14(30(15)20)6-5-11(21)18(17)22/h2-7,9H,8H2,1H3. The van der Waals surface area contributed by atoms with E-state index in [4.69, 9.17) is 23.2 Å². The molecule has 0 atom stereocenters. The number of aryl methyl sites for hydroxylation is 1. The molecule has 0 radical (unpaired) electrons. The van der Waals surface area contributed by atoms with E-state index < -0.39 is 11.6 Å². The fourth-order valence-electron chi connectivity index (χ4n) is 3.50. The van der Waals surface area contributed by atoms with Gasteiger partial charge in [0.1, 0.15) is 18.2 Å². The van der Waals surface area contributed by atoms with E-state index in [1.54, 1.807) is 40.8 Å². The third-order valence-electron chi connectivity index (χ3n) is 4.82. The molecular weight excluding hydrogens is 433 g/mol. The summed E-state index contributed by atoms with van der Waals surface area (Å²) in [5.41, 5.74) is 1.33. The number of rotatable bonds is 2. The Bertz CT molecular complexity index is 1320. The van der Waals surface area contributed by atoms with Crippen LogP contribution in [0.3, 0.4) is 0 Å². The Hall–Kier alpha value is -3.10. The second-order valence-corrected chi connectivity index (χ2v) is 7.48. The summed E-state index contributed by atoms with van der Waals surface area (Å²) in [4.78, 5) is 4.46. The summed E-state index contributed by atoms with van der Waals surface area (Å²) < 4.78 is 32.7. The minimum absolute atomic E-state index is 0.0407. The summed E-state index contributed by atoms with van der Waals surface area (Å²) in [5.74, 6) is -0.509. The van der Waals surface area contributed by atoms with Crippen LogP contribution in [0.1, 0.15) is 17.0 Å². The lowest BCUT2D eigenvalue weighted by molar-refractivity contribution is 0.579. The fourth-order valence-corrected chi connectivity index (χ4v) is 3.91. The molecule has 0 unspecified atom stereocenters. The first kappa shape index (κ1) is 18.9. The van der Waals surface area contributed by atoms with Crippen LogP contribution in [-0.4, -0.2) is 30.3 Å². The van der Waals surface area contributed by atoms with Gasteiger partial charge in [-0.3, -0.25) is 14.2 Å². The molecule has 0 fully saturated rings. The lowest BCUT2D eigenvalue weighted by Crippen LogP contribution is -2.12. The maximum absolute atomic E-state index is 14.7. The molecule has 2 aromatic heterocycles. The van der Waals surface area contributed by atoms with Crippen molar-refractivity contribution in [3.63, 3.8) is 0 Å². The Morgan fingerprint density at radius 2 is 1.77 bits per heavy atom. The second kappa shape index (κ2) is 7.00. The SMILES string of the molecule is Cn1cc(-c2nnc3n2-c2ccc(Cl)c(Cl)c2C(c2c(F)cccc2F)=NC3)cn1. The van der Waals surface area contributed by atoms with Crippen LogP contribution in [0.5, 0.6) is 0 Å². The monoisotopic (exact) mass is 444 g/mol. The summed E-state index contributed by atoms with van der Waals surface area (Å²) >= 11 is 12.8. The van der Waals surface area contributed by atoms with Crippen LogP contribution in [0.2, 0.25) is 10.0 Å². The average Bonchev–Trinajstić information content (AvgIpc) is 3.29. The van der Waals surface area contributed by atoms with Crippen LogP contribution >= 0.6 is 23.2 Å². The molecule has 0 spiro atoms. The normalized spacial score (nSPS) is 12.9. The van der Waals surface area contributed by atoms with E-state index >= 15 is 0 Å². The molecule has 150 valence electrons. The Kier molecular flexibility index (Phi) is 4.41. The number of hydrogen-bond acceptors (Lipinski definition) is 4. The summed E-state index contributed by atoms with van der Waals surface area (Å²) in [7, 11) is 1.79. The molecule has 0 saturated carbocycles. The van der Waals surface area contributed by atoms with Crippen LogP contribution in [-0.2, 0) is 13.6 Å². The highest BCUT2D eigenvalue weighted by atomic mass is 35.5. The van der Waals surface area contributed by atoms with Gasteiger partial charge in [0, 0.05) is 18.8 Å². The second-order valence-electron chi connectivity index (χ2n) is 6.69. The first-order valence-electron chi connectivity index (χ1n) is 8.86. The number of fused-ring (bicyclic) bond motifs is 3. The maximum Gasteiger partial charge on any atom is 0.171 e. The molecule has 10 heteroatoms. The highest BCUT2D eigenvalue weighted by molar-refractivity contribution is 6.45. The summed E-state index contributed by atoms with van der Waals surface area (Å²) in [6, 6.07) is 6.95. The molecule has 6 nitrogen and oxygen atoms in total. The van der Waals surface area contributed by atoms with Crippen molar-refractivity contribution in [2.45, 2.75) is 6.54 Å². The van der Waals surface area contributed by atoms with Gasteiger partial charge in [0.05, 0.1) is 38.8 Å². The first-order chi connectivity index (χ1) is 14.5. The van der Waals surface area contributed by atoms with E-state index in [0.29, 0.717) is 28.5 Å². The molecule has 1 aliphatic rings. The zero-order valence-corrected chi connectivity index (χ0v) is 17.0. The Morgan fingerprint density at radius 1 is 1.00 bits per heavy atom. The zero-order chi connectivity index (χ0) is 21.0. The van der Waals surface area contributed by atoms with Gasteiger partial charge in [-0.25, -0.2) is 8.78 Å². The molecule has 5 rings (SSSR count). The van der Waals surface area contributed by atoms with Crippen molar-refractivity contribution in [3.05, 3.63) is 81.4 Å². The lowest BCUT2D eigenvalue weighted by atomic mass is 9.99. The van der Waals surface area contributed by atoms with Crippen molar-refractivity contribution >= 4 is 28.9 Å². The van der Waals surface area contributed by atoms with Crippen molar-refractivity contribution in [2.75, 3.05) is 0 Å². The molecule has 0 aliphatic carbocycles. The summed E-state index contributed by atoms with van der Waals surface area (Å²) in [6.45, 7) is 0.0407. The Labute approximate surface area is 179 Å². The van der Waals surface area contributed by atoms with Crippen LogP contribution in [0.15, 0.2) is 47.7 Å². The molecule has 0 bridgehead atoms. The zero-order valence-electron chi connectivity index (χ0n) is 15.4. The maximum atomic E-state index is 14.7. The fraction of sp³-hybridized carbons (Fsp3) is 0.100. The van der Waals surface area contributed by atoms with Crippen LogP contribution < -0.4 is 0 Å². The number of benzene rings is 2. The molecular formula is C20H12Cl2F2N6. The van der Waals surface area contributed by atoms with Crippen molar-refractivity contribution in [1.82, 2.24) is 24.5 Å². The molecule has 1 aliphatic heterocycles. The number of aromatic nitrogens is 5. The minimum Gasteiger partial charge on any atom is -0.277 e. The minimum atomic E-state index is -0.749. The summed E-state index contributed by atoms with van der Waals surface area (Å²) in [6.07, 6.45) is 3.44. The van der Waals surface area contributed by atoms with E-state index in [9.17, 15) is 8.78 Å². The highest BCUT2D eigenvalue weighted by Crippen LogP contribution is 2.37. The van der Waals surface area contributed by atoms with Gasteiger partial charge in [-0.2, -0.15) is 5.10 Å². The third kappa shape index (κ3) is 2.83. The molecule has 3 heterocycles. The molecule has 0 N–H and O–H groups in total. The predicted octanol–water partition coefficient (Wildman–Crippen LogP) is 4.60. The van der Waals surface area contributed by atoms with Crippen LogP contribution in [0, 0.1) is 11.6 Å². The van der Waals surface area contributed by atoms with Gasteiger partial charge >= 0.3 is 0 Å². The van der Waals surface area contributed by atoms with E-state index in [1.807, 2.05) is 0 Å². The Balaban J connectivity index is 1.83. The highest BCUT2D eigenvalue weighted by Gasteiger charge is 2.29. The van der Waals surface area contributed by atoms with Gasteiger partial charge in [0.25, 0.3) is 0 Å². The van der Waals surface area contributed by atoms with E-state index in [0.717, 1.165) is 0 Å². The predicted molar refractivity (Wildman–Crippen MR) is 109 cm³/mol. The van der Waals surface area contributed by atoms with Gasteiger partial charge < -0.3 is 0 Å². The Morgan fingerprint density at radius 3 is 2.47 bits per heavy atom. The largest absolute Gasteiger partial charge is 0.277 e. The van der Waals surface area contributed by atoms with Crippen molar-refractivity contribution in [3.8, 4) is 17.1 Å². The van der Waals surface area contributed by atoms with Gasteiger partial charge in [-0.05, 0) is 24.3 Å². The quantitative estimate of drug-likeness (QED) is 0.453. The van der Waals surface area contributed by atoms with Crippen molar-refractivity contribution in [2.24, 2.45) is 12.0 Å².